The van der Waals surface area contributed by atoms with E-state index >= 15 is 0 Å². The highest BCUT2D eigenvalue weighted by atomic mass is 16.5. The monoisotopic (exact) mass is 303 g/mol. The Morgan fingerprint density at radius 1 is 1.23 bits per heavy atom. The molecule has 0 unspecified atom stereocenters. The Morgan fingerprint density at radius 3 is 2.59 bits per heavy atom. The average molecular weight is 303 g/mol. The van der Waals surface area contributed by atoms with Crippen LogP contribution in [0.4, 0.5) is 10.5 Å². The average Bonchev–Trinajstić information content (AvgIpc) is 2.85. The van der Waals surface area contributed by atoms with E-state index in [-0.39, 0.29) is 5.69 Å². The third-order valence-corrected chi connectivity index (χ3v) is 2.99. The lowest BCUT2D eigenvalue weighted by atomic mass is 10.3. The van der Waals surface area contributed by atoms with E-state index in [4.69, 9.17) is 4.74 Å². The number of rotatable bonds is 3. The van der Waals surface area contributed by atoms with Crippen LogP contribution in [0.25, 0.3) is 0 Å². The second kappa shape index (κ2) is 6.61. The van der Waals surface area contributed by atoms with Crippen LogP contribution >= 0.6 is 0 Å². The number of hydrogen-bond donors (Lipinski definition) is 3. The van der Waals surface area contributed by atoms with E-state index in [2.05, 4.69) is 21.3 Å². The first-order valence-electron chi connectivity index (χ1n) is 6.52. The lowest BCUT2D eigenvalue weighted by Gasteiger charge is -2.11. The van der Waals surface area contributed by atoms with Gasteiger partial charge in [0.15, 0.2) is 5.69 Å². The van der Waals surface area contributed by atoms with Gasteiger partial charge in [0, 0.05) is 12.7 Å². The predicted octanol–water partition coefficient (Wildman–Crippen LogP) is 1.20. The first-order valence-corrected chi connectivity index (χ1v) is 6.52. The zero-order valence-corrected chi connectivity index (χ0v) is 12.5. The molecule has 116 valence electrons. The van der Waals surface area contributed by atoms with Crippen molar-refractivity contribution in [2.24, 2.45) is 7.05 Å². The maximum absolute atomic E-state index is 11.8. The third-order valence-electron chi connectivity index (χ3n) is 2.99. The molecular formula is C14H17N5O3. The summed E-state index contributed by atoms with van der Waals surface area (Å²) in [5.41, 5.74) is 6.08. The van der Waals surface area contributed by atoms with Gasteiger partial charge in [-0.15, -0.1) is 0 Å². The minimum atomic E-state index is -0.592. The molecule has 0 bridgehead atoms. The molecule has 0 radical (unpaired) electrons. The molecule has 0 saturated heterocycles. The Labute approximate surface area is 127 Å². The Hall–Kier alpha value is -3.03. The highest BCUT2D eigenvalue weighted by molar-refractivity contribution is 5.96. The number of carbonyl (C=O) groups excluding carboxylic acids is 2. The van der Waals surface area contributed by atoms with Crippen LogP contribution in [0, 0.1) is 6.92 Å². The molecule has 3 amide bonds. The molecule has 8 heteroatoms. The lowest BCUT2D eigenvalue weighted by Crippen LogP contribution is -2.44. The Bertz CT molecular complexity index is 676. The molecule has 0 aliphatic heterocycles. The number of hydrogen-bond acceptors (Lipinski definition) is 4. The summed E-state index contributed by atoms with van der Waals surface area (Å²) < 4.78 is 6.69. The molecule has 1 aromatic heterocycles. The summed E-state index contributed by atoms with van der Waals surface area (Å²) in [6, 6.07) is 7.97. The van der Waals surface area contributed by atoms with Crippen LogP contribution < -0.4 is 20.9 Å². The highest BCUT2D eigenvalue weighted by Crippen LogP contribution is 2.22. The van der Waals surface area contributed by atoms with Crippen molar-refractivity contribution < 1.29 is 14.3 Å². The van der Waals surface area contributed by atoms with Crippen molar-refractivity contribution in [1.82, 2.24) is 20.6 Å². The van der Waals surface area contributed by atoms with Gasteiger partial charge in [-0.1, -0.05) is 12.1 Å². The van der Waals surface area contributed by atoms with Gasteiger partial charge in [-0.25, -0.2) is 10.2 Å². The predicted molar refractivity (Wildman–Crippen MR) is 80.6 cm³/mol. The van der Waals surface area contributed by atoms with Gasteiger partial charge in [-0.05, 0) is 25.1 Å². The van der Waals surface area contributed by atoms with Crippen LogP contribution in [0.5, 0.6) is 5.75 Å². The van der Waals surface area contributed by atoms with Crippen LogP contribution in [0.3, 0.4) is 0 Å². The maximum atomic E-state index is 11.8. The Kier molecular flexibility index (Phi) is 4.62. The fourth-order valence-electron chi connectivity index (χ4n) is 1.75. The summed E-state index contributed by atoms with van der Waals surface area (Å²) in [4.78, 5) is 23.6. The Balaban J connectivity index is 1.91. The third kappa shape index (κ3) is 3.54. The molecule has 0 saturated carbocycles. The second-order valence-electron chi connectivity index (χ2n) is 4.53. The second-order valence-corrected chi connectivity index (χ2v) is 4.53. The Morgan fingerprint density at radius 2 is 1.95 bits per heavy atom. The number of aromatic nitrogens is 2. The van der Waals surface area contributed by atoms with Gasteiger partial charge in [0.05, 0.1) is 12.8 Å². The lowest BCUT2D eigenvalue weighted by molar-refractivity contribution is 0.0932. The number of benzene rings is 1. The molecular weight excluding hydrogens is 286 g/mol. The van der Waals surface area contributed by atoms with Gasteiger partial charge in [0.2, 0.25) is 0 Å². The fraction of sp³-hybridized carbons (Fsp3) is 0.214. The maximum Gasteiger partial charge on any atom is 0.338 e. The van der Waals surface area contributed by atoms with Crippen molar-refractivity contribution in [3.8, 4) is 5.75 Å². The molecule has 0 aliphatic carbocycles. The molecule has 1 aromatic carbocycles. The van der Waals surface area contributed by atoms with Crippen LogP contribution in [0.15, 0.2) is 30.3 Å². The normalized spacial score (nSPS) is 9.95. The number of methoxy groups -OCH3 is 1. The van der Waals surface area contributed by atoms with Crippen LogP contribution in [0.2, 0.25) is 0 Å². The zero-order valence-electron chi connectivity index (χ0n) is 12.5. The minimum absolute atomic E-state index is 0.220. The van der Waals surface area contributed by atoms with Gasteiger partial charge >= 0.3 is 6.03 Å². The van der Waals surface area contributed by atoms with E-state index < -0.39 is 11.9 Å². The van der Waals surface area contributed by atoms with Crippen molar-refractivity contribution in [3.05, 3.63) is 41.7 Å². The first-order chi connectivity index (χ1) is 10.5. The summed E-state index contributed by atoms with van der Waals surface area (Å²) in [5, 5.41) is 6.58. The van der Waals surface area contributed by atoms with Crippen molar-refractivity contribution >= 4 is 17.6 Å². The van der Waals surface area contributed by atoms with Crippen LogP contribution in [-0.2, 0) is 7.05 Å². The van der Waals surface area contributed by atoms with Crippen molar-refractivity contribution in [3.63, 3.8) is 0 Å². The largest absolute Gasteiger partial charge is 0.495 e. The van der Waals surface area contributed by atoms with E-state index in [0.717, 1.165) is 5.69 Å². The van der Waals surface area contributed by atoms with E-state index in [9.17, 15) is 9.59 Å². The summed E-state index contributed by atoms with van der Waals surface area (Å²) >= 11 is 0. The molecule has 0 aliphatic rings. The SMILES string of the molecule is COc1ccccc1NC(=O)NNC(=O)c1cc(C)n(C)n1. The van der Waals surface area contributed by atoms with Crippen LogP contribution in [0.1, 0.15) is 16.2 Å². The van der Waals surface area contributed by atoms with E-state index in [1.807, 2.05) is 6.92 Å². The number of ether oxygens (including phenoxy) is 1. The van der Waals surface area contributed by atoms with Gasteiger partial charge in [0.25, 0.3) is 5.91 Å². The summed E-state index contributed by atoms with van der Waals surface area (Å²) in [6.45, 7) is 1.82. The first kappa shape index (κ1) is 15.4. The van der Waals surface area contributed by atoms with E-state index in [0.29, 0.717) is 11.4 Å². The number of nitrogens with zero attached hydrogens (tertiary/aromatic N) is 2. The van der Waals surface area contributed by atoms with Gasteiger partial charge < -0.3 is 10.1 Å². The molecule has 2 rings (SSSR count). The van der Waals surface area contributed by atoms with Gasteiger partial charge in [-0.3, -0.25) is 14.9 Å². The molecule has 22 heavy (non-hydrogen) atoms. The molecule has 8 nitrogen and oxygen atoms in total. The number of aryl methyl sites for hydroxylation is 2. The topological polar surface area (TPSA) is 97.3 Å². The number of carbonyl (C=O) groups is 2. The number of urea groups is 1. The number of anilines is 1. The quantitative estimate of drug-likeness (QED) is 0.742. The molecule has 0 spiro atoms. The number of nitrogens with one attached hydrogen (secondary N) is 3. The van der Waals surface area contributed by atoms with Crippen LogP contribution in [-0.4, -0.2) is 28.8 Å². The summed E-state index contributed by atoms with van der Waals surface area (Å²) in [7, 11) is 3.23. The van der Waals surface area contributed by atoms with Gasteiger partial charge in [-0.2, -0.15) is 5.10 Å². The molecule has 0 atom stereocenters. The van der Waals surface area contributed by atoms with Crippen molar-refractivity contribution in [2.75, 3.05) is 12.4 Å². The van der Waals surface area contributed by atoms with Crippen molar-refractivity contribution in [1.29, 1.82) is 0 Å². The molecule has 0 fully saturated rings. The smallest absolute Gasteiger partial charge is 0.338 e. The number of para-hydroxylation sites is 2. The number of amides is 3. The standard InChI is InChI=1S/C14H17N5O3/c1-9-8-11(18-19(9)2)13(20)16-17-14(21)15-10-6-4-5-7-12(10)22-3/h4-8H,1-3H3,(H,16,20)(H2,15,17,21). The van der Waals surface area contributed by atoms with Crippen molar-refractivity contribution in [2.45, 2.75) is 6.92 Å². The zero-order chi connectivity index (χ0) is 16.1. The van der Waals surface area contributed by atoms with Gasteiger partial charge in [0.1, 0.15) is 5.75 Å². The summed E-state index contributed by atoms with van der Waals surface area (Å²) in [6.07, 6.45) is 0. The number of hydrazine groups is 1. The van der Waals surface area contributed by atoms with E-state index in [1.54, 1.807) is 42.1 Å². The minimum Gasteiger partial charge on any atom is -0.495 e. The summed E-state index contributed by atoms with van der Waals surface area (Å²) in [5.74, 6) is 0.0169. The molecule has 3 N–H and O–H groups in total. The molecule has 1 heterocycles. The molecule has 2 aromatic rings. The van der Waals surface area contributed by atoms with E-state index in [1.165, 1.54) is 7.11 Å². The highest BCUT2D eigenvalue weighted by Gasteiger charge is 2.12. The fourth-order valence-corrected chi connectivity index (χ4v) is 1.75.